The lowest BCUT2D eigenvalue weighted by Gasteiger charge is -2.54. The van der Waals surface area contributed by atoms with Crippen molar-refractivity contribution in [3.05, 3.63) is 76.3 Å². The number of amides is 2. The summed E-state index contributed by atoms with van der Waals surface area (Å²) in [5, 5.41) is 5.63. The zero-order chi connectivity index (χ0) is 41.6. The van der Waals surface area contributed by atoms with Crippen LogP contribution in [-0.2, 0) is 27.4 Å². The molecule has 3 fully saturated rings. The fourth-order valence-electron chi connectivity index (χ4n) is 8.18. The summed E-state index contributed by atoms with van der Waals surface area (Å²) >= 11 is 14.4. The maximum Gasteiger partial charge on any atom is 0.410 e. The largest absolute Gasteiger partial charge is 0.493 e. The van der Waals surface area contributed by atoms with Crippen molar-refractivity contribution in [3.63, 3.8) is 0 Å². The molecule has 8 rings (SSSR count). The molecule has 0 saturated carbocycles. The molecule has 0 unspecified atom stereocenters. The lowest BCUT2D eigenvalue weighted by atomic mass is 9.78. The molecule has 3 saturated heterocycles. The molecule has 0 atom stereocenters. The summed E-state index contributed by atoms with van der Waals surface area (Å²) in [4.78, 5) is 45.8. The molecule has 310 valence electrons. The molecule has 16 heteroatoms. The van der Waals surface area contributed by atoms with Gasteiger partial charge in [-0.25, -0.2) is 19.3 Å². The highest BCUT2D eigenvalue weighted by molar-refractivity contribution is 6.39. The van der Waals surface area contributed by atoms with Gasteiger partial charge in [-0.05, 0) is 57.9 Å². The second-order valence-electron chi connectivity index (χ2n) is 16.6. The fraction of sp³-hybridized carbons (Fsp3) is 0.442. The van der Waals surface area contributed by atoms with Crippen molar-refractivity contribution in [2.75, 3.05) is 53.6 Å². The third-order valence-electron chi connectivity index (χ3n) is 11.1. The maximum absolute atomic E-state index is 13.6. The molecule has 3 aliphatic rings. The van der Waals surface area contributed by atoms with Crippen LogP contribution < -0.4 is 9.47 Å². The highest BCUT2D eigenvalue weighted by Gasteiger charge is 2.49. The Hall–Kier alpha value is -5.02. The maximum atomic E-state index is 13.6. The zero-order valence-electron chi connectivity index (χ0n) is 34.1. The number of hydrogen-bond acceptors (Lipinski definition) is 11. The van der Waals surface area contributed by atoms with E-state index in [2.05, 4.69) is 9.88 Å². The van der Waals surface area contributed by atoms with E-state index in [-0.39, 0.29) is 18.5 Å². The average molecular weight is 844 g/mol. The predicted molar refractivity (Wildman–Crippen MR) is 224 cm³/mol. The fourth-order valence-corrected chi connectivity index (χ4v) is 8.83. The van der Waals surface area contributed by atoms with Crippen LogP contribution >= 0.6 is 23.2 Å². The van der Waals surface area contributed by atoms with Gasteiger partial charge >= 0.3 is 6.09 Å². The molecule has 1 spiro atoms. The van der Waals surface area contributed by atoms with Crippen molar-refractivity contribution >= 4 is 40.8 Å². The van der Waals surface area contributed by atoms with Gasteiger partial charge in [0.15, 0.2) is 17.2 Å². The van der Waals surface area contributed by atoms with E-state index in [1.807, 2.05) is 69.4 Å². The smallest absolute Gasteiger partial charge is 0.410 e. The minimum absolute atomic E-state index is 0.0264. The number of pyridine rings is 3. The topological polar surface area (TPSA) is 137 Å². The quantitative estimate of drug-likeness (QED) is 0.139. The van der Waals surface area contributed by atoms with E-state index >= 15 is 0 Å². The summed E-state index contributed by atoms with van der Waals surface area (Å²) in [6.07, 6.45) is 4.39. The monoisotopic (exact) mass is 842 g/mol. The molecular formula is C43H48Cl2N8O6. The molecule has 14 nitrogen and oxygen atoms in total. The van der Waals surface area contributed by atoms with E-state index in [4.69, 9.17) is 57.2 Å². The summed E-state index contributed by atoms with van der Waals surface area (Å²) in [7, 11) is 3.15. The second-order valence-corrected chi connectivity index (χ2v) is 17.4. The molecule has 0 N–H and O–H groups in total. The Morgan fingerprint density at radius 1 is 0.966 bits per heavy atom. The van der Waals surface area contributed by atoms with Gasteiger partial charge in [0.2, 0.25) is 11.8 Å². The Morgan fingerprint density at radius 3 is 2.36 bits per heavy atom. The summed E-state index contributed by atoms with van der Waals surface area (Å²) in [5.41, 5.74) is 4.78. The highest BCUT2D eigenvalue weighted by atomic mass is 35.5. The zero-order valence-corrected chi connectivity index (χ0v) is 35.6. The first-order chi connectivity index (χ1) is 28.2. The van der Waals surface area contributed by atoms with Crippen LogP contribution in [0.25, 0.3) is 39.3 Å². The van der Waals surface area contributed by atoms with Crippen LogP contribution in [-0.4, -0.2) is 117 Å². The van der Waals surface area contributed by atoms with Gasteiger partial charge in [-0.3, -0.25) is 14.7 Å². The number of rotatable bonds is 10. The average Bonchev–Trinajstić information content (AvgIpc) is 3.59. The van der Waals surface area contributed by atoms with E-state index < -0.39 is 11.7 Å². The normalized spacial score (nSPS) is 16.8. The lowest BCUT2D eigenvalue weighted by Crippen LogP contribution is -2.65. The summed E-state index contributed by atoms with van der Waals surface area (Å²) < 4.78 is 24.6. The molecule has 2 amide bonds. The predicted octanol–water partition coefficient (Wildman–Crippen LogP) is 7.42. The van der Waals surface area contributed by atoms with Crippen LogP contribution in [0.2, 0.25) is 10.0 Å². The summed E-state index contributed by atoms with van der Waals surface area (Å²) in [6, 6.07) is 13.0. The number of piperidine rings is 1. The molecule has 59 heavy (non-hydrogen) atoms. The number of aromatic nitrogens is 5. The standard InChI is InChI=1S/C43H48Cl2N8O6/c1-26(54)51-16-13-29(14-17-51)52(41(55)59-42(2,3)4)19-27-10-11-33(47-40(27)57-6)32-9-7-8-30(36(32)44)31-12-15-46-38(37(31)45)28-18-34(56-5)39-48-35(49-53(39)20-28)21-50-22-43(23-50)24-58-25-43/h7-12,15,18,20,29H,13-14,16-17,19,21-25H2,1-6H3. The molecule has 3 aliphatic heterocycles. The second kappa shape index (κ2) is 16.2. The van der Waals surface area contributed by atoms with Crippen LogP contribution in [0.1, 0.15) is 51.9 Å². The first-order valence-electron chi connectivity index (χ1n) is 19.7. The van der Waals surface area contributed by atoms with Crippen LogP contribution in [0.5, 0.6) is 11.6 Å². The molecule has 0 aliphatic carbocycles. The number of fused-ring (bicyclic) bond motifs is 1. The number of halogens is 2. The number of nitrogens with zero attached hydrogens (tertiary/aromatic N) is 8. The SMILES string of the molecule is COc1nc(-c2cccc(-c3ccnc(-c4cc(OC)c5nc(CN6CC7(COC7)C6)nn5c4)c3Cl)c2Cl)ccc1CN(C(=O)OC(C)(C)C)C1CCN(C(C)=O)CC1. The Labute approximate surface area is 353 Å². The van der Waals surface area contributed by atoms with Crippen molar-refractivity contribution in [2.24, 2.45) is 5.41 Å². The molecule has 5 aromatic rings. The van der Waals surface area contributed by atoms with E-state index in [0.29, 0.717) is 110 Å². The van der Waals surface area contributed by atoms with Crippen LogP contribution in [0, 0.1) is 5.41 Å². The number of ether oxygens (including phenoxy) is 4. The first kappa shape index (κ1) is 40.7. The van der Waals surface area contributed by atoms with Crippen molar-refractivity contribution in [3.8, 4) is 45.3 Å². The number of benzene rings is 1. The minimum Gasteiger partial charge on any atom is -0.493 e. The van der Waals surface area contributed by atoms with E-state index in [9.17, 15) is 9.59 Å². The Balaban J connectivity index is 1.06. The Kier molecular flexibility index (Phi) is 11.2. The van der Waals surface area contributed by atoms with Crippen LogP contribution in [0.15, 0.2) is 54.9 Å². The van der Waals surface area contributed by atoms with Gasteiger partial charge in [0.1, 0.15) is 5.60 Å². The van der Waals surface area contributed by atoms with Crippen molar-refractivity contribution in [1.29, 1.82) is 0 Å². The Morgan fingerprint density at radius 2 is 1.69 bits per heavy atom. The number of likely N-dealkylation sites (tertiary alicyclic amines) is 2. The molecule has 1 aromatic carbocycles. The summed E-state index contributed by atoms with van der Waals surface area (Å²) in [5.74, 6) is 1.63. The van der Waals surface area contributed by atoms with Crippen molar-refractivity contribution < 1.29 is 28.5 Å². The lowest BCUT2D eigenvalue weighted by molar-refractivity contribution is -0.191. The van der Waals surface area contributed by atoms with Gasteiger partial charge in [-0.1, -0.05) is 41.4 Å². The van der Waals surface area contributed by atoms with Crippen LogP contribution in [0.4, 0.5) is 4.79 Å². The van der Waals surface area contributed by atoms with Gasteiger partial charge in [-0.2, -0.15) is 0 Å². The number of carbonyl (C=O) groups excluding carboxylic acids is 2. The molecule has 4 aromatic heterocycles. The number of hydrogen-bond donors (Lipinski definition) is 0. The molecule has 0 radical (unpaired) electrons. The van der Waals surface area contributed by atoms with E-state index in [1.54, 1.807) is 41.7 Å². The third kappa shape index (κ3) is 8.28. The van der Waals surface area contributed by atoms with Crippen molar-refractivity contribution in [1.82, 2.24) is 39.3 Å². The van der Waals surface area contributed by atoms with Crippen LogP contribution in [0.3, 0.4) is 0 Å². The third-order valence-corrected chi connectivity index (χ3v) is 11.9. The molecule has 0 bridgehead atoms. The van der Waals surface area contributed by atoms with Gasteiger partial charge in [0.05, 0.1) is 62.0 Å². The number of carbonyl (C=O) groups is 2. The Bertz CT molecular complexity index is 2400. The highest BCUT2D eigenvalue weighted by Crippen LogP contribution is 2.43. The minimum atomic E-state index is -0.687. The summed E-state index contributed by atoms with van der Waals surface area (Å²) in [6.45, 7) is 12.7. The van der Waals surface area contributed by atoms with Crippen molar-refractivity contribution in [2.45, 2.75) is 65.3 Å². The van der Waals surface area contributed by atoms with E-state index in [0.717, 1.165) is 26.3 Å². The van der Waals surface area contributed by atoms with E-state index in [1.165, 1.54) is 0 Å². The van der Waals surface area contributed by atoms with Gasteiger partial charge in [0, 0.05) is 84.8 Å². The molecule has 7 heterocycles. The van der Waals surface area contributed by atoms with Gasteiger partial charge in [-0.15, -0.1) is 5.10 Å². The number of methoxy groups -OCH3 is 2. The molecular weight excluding hydrogens is 795 g/mol. The van der Waals surface area contributed by atoms with Gasteiger partial charge in [0.25, 0.3) is 0 Å². The first-order valence-corrected chi connectivity index (χ1v) is 20.5. The van der Waals surface area contributed by atoms with Gasteiger partial charge < -0.3 is 28.7 Å².